The van der Waals surface area contributed by atoms with Gasteiger partial charge >= 0.3 is 0 Å². The third-order valence-electron chi connectivity index (χ3n) is 4.44. The molecule has 1 aromatic rings. The second-order valence-electron chi connectivity index (χ2n) is 5.71. The predicted molar refractivity (Wildman–Crippen MR) is 71.8 cm³/mol. The Kier molecular flexibility index (Phi) is 3.55. The van der Waals surface area contributed by atoms with Crippen molar-refractivity contribution in [2.75, 3.05) is 0 Å². The number of hydrogen-bond donors (Lipinski definition) is 1. The molecule has 1 aromatic carbocycles. The minimum absolute atomic E-state index is 0.0227. The summed E-state index contributed by atoms with van der Waals surface area (Å²) in [7, 11) is 0. The van der Waals surface area contributed by atoms with E-state index in [1.54, 1.807) is 0 Å². The van der Waals surface area contributed by atoms with E-state index in [0.29, 0.717) is 5.92 Å². The largest absolute Gasteiger partial charge is 0.487 e. The molecule has 0 aromatic heterocycles. The lowest BCUT2D eigenvalue weighted by atomic mass is 9.89. The van der Waals surface area contributed by atoms with Crippen LogP contribution in [0.25, 0.3) is 0 Å². The van der Waals surface area contributed by atoms with Gasteiger partial charge in [0.2, 0.25) is 0 Å². The molecule has 98 valence electrons. The van der Waals surface area contributed by atoms with Crippen LogP contribution in [0.15, 0.2) is 24.3 Å². The normalized spacial score (nSPS) is 26.2. The van der Waals surface area contributed by atoms with Gasteiger partial charge in [0.1, 0.15) is 11.9 Å². The summed E-state index contributed by atoms with van der Waals surface area (Å²) in [6.07, 6.45) is 8.07. The fraction of sp³-hybridized carbons (Fsp3) is 0.625. The van der Waals surface area contributed by atoms with Crippen LogP contribution in [0.3, 0.4) is 0 Å². The summed E-state index contributed by atoms with van der Waals surface area (Å²) in [5.74, 6) is 1.40. The highest BCUT2D eigenvalue weighted by molar-refractivity contribution is 5.37. The van der Waals surface area contributed by atoms with Crippen molar-refractivity contribution in [2.45, 2.75) is 57.2 Å². The molecule has 0 saturated heterocycles. The number of aliphatic hydroxyl groups excluding tert-OH is 1. The predicted octanol–water partition coefficient (Wildman–Crippen LogP) is 3.32. The number of fused-ring (bicyclic) bond motifs is 1. The number of aliphatic hydroxyl groups is 1. The molecule has 1 aliphatic carbocycles. The van der Waals surface area contributed by atoms with E-state index in [2.05, 4.69) is 6.07 Å². The van der Waals surface area contributed by atoms with Gasteiger partial charge in [-0.05, 0) is 30.4 Å². The summed E-state index contributed by atoms with van der Waals surface area (Å²) < 4.78 is 5.91. The Morgan fingerprint density at radius 3 is 2.50 bits per heavy atom. The van der Waals surface area contributed by atoms with Crippen molar-refractivity contribution in [3.8, 4) is 5.75 Å². The number of ether oxygens (including phenoxy) is 1. The van der Waals surface area contributed by atoms with E-state index in [1.807, 2.05) is 18.2 Å². The molecule has 0 spiro atoms. The van der Waals surface area contributed by atoms with E-state index >= 15 is 0 Å². The van der Waals surface area contributed by atoms with Gasteiger partial charge in [-0.1, -0.05) is 43.9 Å². The summed E-state index contributed by atoms with van der Waals surface area (Å²) in [6.45, 7) is 0. The van der Waals surface area contributed by atoms with Crippen molar-refractivity contribution in [1.82, 2.24) is 0 Å². The molecule has 1 aliphatic heterocycles. The third kappa shape index (κ3) is 2.39. The molecule has 1 saturated carbocycles. The third-order valence-corrected chi connectivity index (χ3v) is 4.44. The number of para-hydroxylation sites is 1. The molecule has 1 heterocycles. The Labute approximate surface area is 109 Å². The number of hydrogen-bond acceptors (Lipinski definition) is 2. The van der Waals surface area contributed by atoms with E-state index in [0.717, 1.165) is 25.0 Å². The van der Waals surface area contributed by atoms with Gasteiger partial charge in [-0.25, -0.2) is 0 Å². The topological polar surface area (TPSA) is 29.5 Å². The highest BCUT2D eigenvalue weighted by Gasteiger charge is 2.33. The molecule has 18 heavy (non-hydrogen) atoms. The zero-order chi connectivity index (χ0) is 12.4. The van der Waals surface area contributed by atoms with Crippen LogP contribution in [-0.4, -0.2) is 17.3 Å². The smallest absolute Gasteiger partial charge is 0.129 e. The van der Waals surface area contributed by atoms with Crippen LogP contribution >= 0.6 is 0 Å². The number of rotatable bonds is 2. The zero-order valence-corrected chi connectivity index (χ0v) is 10.8. The summed E-state index contributed by atoms with van der Waals surface area (Å²) in [5, 5.41) is 10.5. The maximum atomic E-state index is 10.5. The molecule has 0 bridgehead atoms. The Bertz CT molecular complexity index is 369. The molecule has 2 aliphatic rings. The fourth-order valence-corrected chi connectivity index (χ4v) is 3.36. The molecule has 0 radical (unpaired) electrons. The quantitative estimate of drug-likeness (QED) is 0.811. The molecule has 1 N–H and O–H groups in total. The van der Waals surface area contributed by atoms with Crippen LogP contribution in [-0.2, 0) is 6.42 Å². The summed E-state index contributed by atoms with van der Waals surface area (Å²) >= 11 is 0. The Morgan fingerprint density at radius 1 is 1.06 bits per heavy atom. The molecule has 2 nitrogen and oxygen atoms in total. The zero-order valence-electron chi connectivity index (χ0n) is 10.8. The Hall–Kier alpha value is -1.02. The lowest BCUT2D eigenvalue weighted by Crippen LogP contribution is -2.36. The molecule has 0 amide bonds. The highest BCUT2D eigenvalue weighted by Crippen LogP contribution is 2.34. The maximum absolute atomic E-state index is 10.5. The minimum Gasteiger partial charge on any atom is -0.487 e. The first-order chi connectivity index (χ1) is 8.84. The average molecular weight is 246 g/mol. The van der Waals surface area contributed by atoms with Crippen molar-refractivity contribution >= 4 is 0 Å². The SMILES string of the molecule is OC(C1CCCCCC1)C1Cc2ccccc2O1. The Balaban J connectivity index is 1.66. The fourth-order valence-electron chi connectivity index (χ4n) is 3.36. The van der Waals surface area contributed by atoms with E-state index in [1.165, 1.54) is 31.2 Å². The van der Waals surface area contributed by atoms with Crippen LogP contribution in [0.1, 0.15) is 44.1 Å². The molecular formula is C16H22O2. The van der Waals surface area contributed by atoms with Crippen LogP contribution < -0.4 is 4.74 Å². The molecule has 3 rings (SSSR count). The standard InChI is InChI=1S/C16H22O2/c17-16(12-7-3-1-2-4-8-12)15-11-13-9-5-6-10-14(13)18-15/h5-6,9-10,12,15-17H,1-4,7-8,11H2. The summed E-state index contributed by atoms with van der Waals surface area (Å²) in [5.41, 5.74) is 1.25. The first-order valence-corrected chi connectivity index (χ1v) is 7.27. The maximum Gasteiger partial charge on any atom is 0.129 e. The first-order valence-electron chi connectivity index (χ1n) is 7.27. The Morgan fingerprint density at radius 2 is 1.78 bits per heavy atom. The molecule has 2 atom stereocenters. The first kappa shape index (κ1) is 12.0. The van der Waals surface area contributed by atoms with Crippen LogP contribution in [0.5, 0.6) is 5.75 Å². The van der Waals surface area contributed by atoms with Gasteiger partial charge in [0.25, 0.3) is 0 Å². The highest BCUT2D eigenvalue weighted by atomic mass is 16.5. The second-order valence-corrected chi connectivity index (χ2v) is 5.71. The lowest BCUT2D eigenvalue weighted by Gasteiger charge is -2.26. The van der Waals surface area contributed by atoms with Crippen molar-refractivity contribution in [3.05, 3.63) is 29.8 Å². The van der Waals surface area contributed by atoms with Crippen molar-refractivity contribution < 1.29 is 9.84 Å². The van der Waals surface area contributed by atoms with Gasteiger partial charge in [-0.2, -0.15) is 0 Å². The van der Waals surface area contributed by atoms with Gasteiger partial charge in [-0.15, -0.1) is 0 Å². The lowest BCUT2D eigenvalue weighted by molar-refractivity contribution is 0.00301. The monoisotopic (exact) mass is 246 g/mol. The number of benzene rings is 1. The molecule has 2 heteroatoms. The summed E-state index contributed by atoms with van der Waals surface area (Å²) in [6, 6.07) is 8.16. The van der Waals surface area contributed by atoms with Crippen LogP contribution in [0.4, 0.5) is 0 Å². The van der Waals surface area contributed by atoms with Gasteiger partial charge in [-0.3, -0.25) is 0 Å². The molecular weight excluding hydrogens is 224 g/mol. The van der Waals surface area contributed by atoms with Crippen LogP contribution in [0.2, 0.25) is 0 Å². The van der Waals surface area contributed by atoms with Crippen LogP contribution in [0, 0.1) is 5.92 Å². The second kappa shape index (κ2) is 5.31. The van der Waals surface area contributed by atoms with E-state index in [-0.39, 0.29) is 12.2 Å². The van der Waals surface area contributed by atoms with E-state index in [9.17, 15) is 5.11 Å². The molecule has 2 unspecified atom stereocenters. The average Bonchev–Trinajstić information content (AvgIpc) is 2.64. The summed E-state index contributed by atoms with van der Waals surface area (Å²) in [4.78, 5) is 0. The van der Waals surface area contributed by atoms with Gasteiger partial charge < -0.3 is 9.84 Å². The van der Waals surface area contributed by atoms with E-state index in [4.69, 9.17) is 4.74 Å². The van der Waals surface area contributed by atoms with Gasteiger partial charge in [0.15, 0.2) is 0 Å². The van der Waals surface area contributed by atoms with Crippen molar-refractivity contribution in [2.24, 2.45) is 5.92 Å². The van der Waals surface area contributed by atoms with Crippen molar-refractivity contribution in [3.63, 3.8) is 0 Å². The van der Waals surface area contributed by atoms with Crippen molar-refractivity contribution in [1.29, 1.82) is 0 Å². The minimum atomic E-state index is -0.296. The van der Waals surface area contributed by atoms with Gasteiger partial charge in [0.05, 0.1) is 6.10 Å². The molecule has 1 fully saturated rings. The van der Waals surface area contributed by atoms with Gasteiger partial charge in [0, 0.05) is 6.42 Å². The van der Waals surface area contributed by atoms with E-state index < -0.39 is 0 Å².